The Morgan fingerprint density at radius 2 is 1.32 bits per heavy atom. The molecule has 0 aliphatic heterocycles. The molecule has 0 saturated carbocycles. The van der Waals surface area contributed by atoms with E-state index in [0.717, 1.165) is 44.5 Å². The highest BCUT2D eigenvalue weighted by atomic mass is 14.5. The van der Waals surface area contributed by atoms with Gasteiger partial charge in [0, 0.05) is 11.8 Å². The van der Waals surface area contributed by atoms with Gasteiger partial charge in [-0.25, -0.2) is 0 Å². The molecule has 5 aromatic carbocycles. The Bertz CT molecular complexity index is 2430. The zero-order valence-corrected chi connectivity index (χ0v) is 30.4. The maximum Gasteiger partial charge on any atom is 0.101 e. The molecule has 1 aliphatic carbocycles. The Balaban J connectivity index is 1.59. The molecule has 5 aromatic rings. The van der Waals surface area contributed by atoms with Gasteiger partial charge in [0.25, 0.3) is 0 Å². The van der Waals surface area contributed by atoms with E-state index < -0.39 is 5.41 Å². The summed E-state index contributed by atoms with van der Waals surface area (Å²) in [5, 5.41) is 18.8. The van der Waals surface area contributed by atoms with Crippen LogP contribution in [0, 0.1) is 22.7 Å². The van der Waals surface area contributed by atoms with Crippen molar-refractivity contribution in [3.8, 4) is 23.3 Å². The fourth-order valence-electron chi connectivity index (χ4n) is 7.38. The summed E-state index contributed by atoms with van der Waals surface area (Å²) in [5.41, 5.74) is 21.0. The quantitative estimate of drug-likeness (QED) is 0.118. The summed E-state index contributed by atoms with van der Waals surface area (Å²) in [6, 6.07) is 49.3. The van der Waals surface area contributed by atoms with Gasteiger partial charge in [-0.05, 0) is 135 Å². The van der Waals surface area contributed by atoms with E-state index in [1.54, 1.807) is 6.92 Å². The van der Waals surface area contributed by atoms with E-state index in [4.69, 9.17) is 5.73 Å². The minimum Gasteiger partial charge on any atom is -0.404 e. The number of hydrogen-bond acceptors (Lipinski definition) is 3. The van der Waals surface area contributed by atoms with Gasteiger partial charge >= 0.3 is 0 Å². The Labute approximate surface area is 313 Å². The fraction of sp³-hybridized carbons (Fsp3) is 0.0800. The number of benzene rings is 5. The summed E-state index contributed by atoms with van der Waals surface area (Å²) in [6.07, 6.45) is 9.19. The van der Waals surface area contributed by atoms with Crippen LogP contribution in [0.1, 0.15) is 59.7 Å². The summed E-state index contributed by atoms with van der Waals surface area (Å²) >= 11 is 0. The predicted octanol–water partition coefficient (Wildman–Crippen LogP) is 12.0. The molecule has 0 bridgehead atoms. The lowest BCUT2D eigenvalue weighted by Gasteiger charge is -2.35. The van der Waals surface area contributed by atoms with Crippen LogP contribution in [0.15, 0.2) is 188 Å². The zero-order valence-electron chi connectivity index (χ0n) is 30.4. The molecule has 0 fully saturated rings. The summed E-state index contributed by atoms with van der Waals surface area (Å²) in [7, 11) is 0. The van der Waals surface area contributed by atoms with Crippen molar-refractivity contribution in [1.82, 2.24) is 0 Å². The number of allylic oxidation sites excluding steroid dienone is 11. The maximum atomic E-state index is 9.46. The molecule has 53 heavy (non-hydrogen) atoms. The molecule has 2 N–H and O–H groups in total. The summed E-state index contributed by atoms with van der Waals surface area (Å²) in [6.45, 7) is 14.5. The van der Waals surface area contributed by atoms with E-state index in [0.29, 0.717) is 11.1 Å². The average molecular weight is 684 g/mol. The van der Waals surface area contributed by atoms with Crippen molar-refractivity contribution in [3.63, 3.8) is 0 Å². The lowest BCUT2D eigenvalue weighted by Crippen LogP contribution is -2.29. The first-order chi connectivity index (χ1) is 25.7. The molecule has 0 spiro atoms. The molecule has 256 valence electrons. The van der Waals surface area contributed by atoms with Gasteiger partial charge in [0.1, 0.15) is 6.07 Å². The van der Waals surface area contributed by atoms with Crippen molar-refractivity contribution in [3.05, 3.63) is 227 Å². The molecule has 1 aliphatic rings. The Hall–Kier alpha value is -6.94. The smallest absolute Gasteiger partial charge is 0.101 e. The van der Waals surface area contributed by atoms with Crippen molar-refractivity contribution in [2.45, 2.75) is 26.2 Å². The summed E-state index contributed by atoms with van der Waals surface area (Å²) < 4.78 is 0. The number of nitrogens with two attached hydrogens (primary N) is 1. The lowest BCUT2D eigenvalue weighted by atomic mass is 9.66. The second-order valence-corrected chi connectivity index (χ2v) is 13.3. The molecule has 0 amide bonds. The van der Waals surface area contributed by atoms with Gasteiger partial charge < -0.3 is 5.73 Å². The predicted molar refractivity (Wildman–Crippen MR) is 222 cm³/mol. The van der Waals surface area contributed by atoms with Crippen LogP contribution in [0.2, 0.25) is 0 Å². The molecular weight excluding hydrogens is 643 g/mol. The molecule has 0 unspecified atom stereocenters. The molecule has 6 rings (SSSR count). The second kappa shape index (κ2) is 15.5. The first-order valence-electron chi connectivity index (χ1n) is 17.6. The molecule has 0 saturated heterocycles. The summed E-state index contributed by atoms with van der Waals surface area (Å²) in [4.78, 5) is 0. The molecule has 0 heterocycles. The molecule has 0 radical (unpaired) electrons. The minimum absolute atomic E-state index is 0.421. The minimum atomic E-state index is -0.638. The topological polar surface area (TPSA) is 73.6 Å². The van der Waals surface area contributed by atoms with E-state index in [9.17, 15) is 10.5 Å². The third-order valence-corrected chi connectivity index (χ3v) is 10.0. The van der Waals surface area contributed by atoms with Crippen molar-refractivity contribution in [1.29, 1.82) is 10.5 Å². The first-order valence-corrected chi connectivity index (χ1v) is 17.6. The monoisotopic (exact) mass is 683 g/mol. The Kier molecular flexibility index (Phi) is 10.5. The van der Waals surface area contributed by atoms with Crippen LogP contribution in [-0.2, 0) is 5.41 Å². The summed E-state index contributed by atoms with van der Waals surface area (Å²) in [5.74, 6) is 0. The first kappa shape index (κ1) is 35.9. The SMILES string of the molecule is C=C/C(=C\C1=C(C)c2ccc(-c3cccc(/C(C)=C/C(C#N)=C\N)c3)cc2C1(c1ccccc1)c1ccccc1)c1cccc(C(=C)/C=C(\C)C#N)c1. The highest BCUT2D eigenvalue weighted by Crippen LogP contribution is 2.56. The van der Waals surface area contributed by atoms with Crippen molar-refractivity contribution >= 4 is 22.3 Å². The van der Waals surface area contributed by atoms with Gasteiger partial charge in [-0.15, -0.1) is 0 Å². The molecular formula is C50H41N3. The number of hydrogen-bond donors (Lipinski definition) is 1. The largest absolute Gasteiger partial charge is 0.404 e. The molecule has 0 atom stereocenters. The van der Waals surface area contributed by atoms with E-state index >= 15 is 0 Å². The van der Waals surface area contributed by atoms with Gasteiger partial charge in [-0.2, -0.15) is 10.5 Å². The zero-order chi connectivity index (χ0) is 37.5. The lowest BCUT2D eigenvalue weighted by molar-refractivity contribution is 0.762. The van der Waals surface area contributed by atoms with Crippen molar-refractivity contribution in [2.24, 2.45) is 5.73 Å². The average Bonchev–Trinajstić information content (AvgIpc) is 3.46. The van der Waals surface area contributed by atoms with Crippen LogP contribution >= 0.6 is 0 Å². The Morgan fingerprint density at radius 3 is 1.94 bits per heavy atom. The van der Waals surface area contributed by atoms with Gasteiger partial charge in [0.15, 0.2) is 0 Å². The van der Waals surface area contributed by atoms with E-state index in [2.05, 4.69) is 154 Å². The fourth-order valence-corrected chi connectivity index (χ4v) is 7.38. The van der Waals surface area contributed by atoms with Gasteiger partial charge in [0.05, 0.1) is 17.1 Å². The standard InChI is InChI=1S/C50H41N3/c1-6-39(42-17-13-15-40(27-42)35(3)25-34(2)31-51)29-48-37(5)47-24-23-44(43-18-14-16-41(28-43)36(4)26-38(32-52)33-53)30-49(47)50(48,45-19-9-7-10-20-45)46-21-11-8-12-22-46/h6-30,32H,1,3,52H2,2,4-5H3/b34-25+,36-26+,38-32+,39-29+. The highest BCUT2D eigenvalue weighted by Gasteiger charge is 2.46. The van der Waals surface area contributed by atoms with Gasteiger partial charge in [-0.3, -0.25) is 0 Å². The normalized spacial score (nSPS) is 14.3. The van der Waals surface area contributed by atoms with Crippen molar-refractivity contribution < 1.29 is 0 Å². The molecule has 0 aromatic heterocycles. The van der Waals surface area contributed by atoms with Crippen LogP contribution in [-0.4, -0.2) is 0 Å². The van der Waals surface area contributed by atoms with E-state index in [-0.39, 0.29) is 0 Å². The van der Waals surface area contributed by atoms with Crippen LogP contribution < -0.4 is 5.73 Å². The van der Waals surface area contributed by atoms with Crippen LogP contribution in [0.4, 0.5) is 0 Å². The number of rotatable bonds is 10. The van der Waals surface area contributed by atoms with Gasteiger partial charge in [-0.1, -0.05) is 128 Å². The van der Waals surface area contributed by atoms with E-state index in [1.165, 1.54) is 39.6 Å². The van der Waals surface area contributed by atoms with Crippen LogP contribution in [0.3, 0.4) is 0 Å². The molecule has 3 nitrogen and oxygen atoms in total. The second-order valence-electron chi connectivity index (χ2n) is 13.3. The third kappa shape index (κ3) is 6.90. The molecule has 3 heteroatoms. The third-order valence-electron chi connectivity index (χ3n) is 10.0. The van der Waals surface area contributed by atoms with Gasteiger partial charge in [0.2, 0.25) is 0 Å². The number of nitriles is 2. The van der Waals surface area contributed by atoms with Crippen LogP contribution in [0.25, 0.3) is 33.4 Å². The number of fused-ring (bicyclic) bond motifs is 1. The van der Waals surface area contributed by atoms with Crippen LogP contribution in [0.5, 0.6) is 0 Å². The Morgan fingerprint density at radius 1 is 0.698 bits per heavy atom. The maximum absolute atomic E-state index is 9.46. The highest BCUT2D eigenvalue weighted by molar-refractivity contribution is 5.92. The van der Waals surface area contributed by atoms with Crippen molar-refractivity contribution in [2.75, 3.05) is 0 Å². The number of nitrogens with zero attached hydrogens (tertiary/aromatic N) is 2. The van der Waals surface area contributed by atoms with E-state index in [1.807, 2.05) is 37.3 Å².